The zero-order valence-corrected chi connectivity index (χ0v) is 10.4. The Kier molecular flexibility index (Phi) is 4.11. The van der Waals surface area contributed by atoms with Crippen molar-refractivity contribution >= 4 is 6.08 Å². The topological polar surface area (TPSA) is 47.6 Å². The molecule has 90 valence electrons. The van der Waals surface area contributed by atoms with Gasteiger partial charge in [0.25, 0.3) is 0 Å². The molecule has 0 amide bonds. The van der Waals surface area contributed by atoms with E-state index in [9.17, 15) is 0 Å². The summed E-state index contributed by atoms with van der Waals surface area (Å²) in [5.41, 5.74) is 2.96. The molecule has 2 aromatic carbocycles. The normalized spacial score (nSPS) is 10.0. The third kappa shape index (κ3) is 3.09. The van der Waals surface area contributed by atoms with Gasteiger partial charge in [0.15, 0.2) is 0 Å². The molecule has 0 spiro atoms. The quantitative estimate of drug-likeness (QED) is 0.826. The molecule has 2 aromatic rings. The highest BCUT2D eigenvalue weighted by Crippen LogP contribution is 2.16. The fourth-order valence-corrected chi connectivity index (χ4v) is 1.87. The largest absolute Gasteiger partial charge is 0.192 e. The van der Waals surface area contributed by atoms with Crippen LogP contribution in [0, 0.1) is 22.7 Å². The van der Waals surface area contributed by atoms with E-state index in [0.29, 0.717) is 16.7 Å². The van der Waals surface area contributed by atoms with Crippen molar-refractivity contribution in [3.8, 4) is 12.1 Å². The van der Waals surface area contributed by atoms with E-state index in [2.05, 4.69) is 12.1 Å². The Hall–Kier alpha value is -2.84. The maximum atomic E-state index is 9.06. The van der Waals surface area contributed by atoms with Gasteiger partial charge in [-0.3, -0.25) is 0 Å². The van der Waals surface area contributed by atoms with Crippen LogP contribution in [0.25, 0.3) is 6.08 Å². The van der Waals surface area contributed by atoms with Gasteiger partial charge in [-0.15, -0.1) is 0 Å². The summed E-state index contributed by atoms with van der Waals surface area (Å²) in [6.07, 6.45) is 4.61. The second-order valence-corrected chi connectivity index (χ2v) is 4.08. The van der Waals surface area contributed by atoms with Crippen molar-refractivity contribution in [3.05, 3.63) is 76.9 Å². The predicted octanol–water partition coefficient (Wildman–Crippen LogP) is 3.69. The van der Waals surface area contributed by atoms with Gasteiger partial charge in [-0.1, -0.05) is 48.6 Å². The molecule has 0 saturated carbocycles. The molecule has 0 aliphatic rings. The average molecular weight is 244 g/mol. The zero-order valence-electron chi connectivity index (χ0n) is 10.4. The molecule has 0 atom stereocenters. The highest BCUT2D eigenvalue weighted by Gasteiger charge is 2.03. The first-order valence-electron chi connectivity index (χ1n) is 5.99. The third-order valence-corrected chi connectivity index (χ3v) is 2.83. The van der Waals surface area contributed by atoms with Gasteiger partial charge in [-0.25, -0.2) is 0 Å². The molecular weight excluding hydrogens is 232 g/mol. The summed E-state index contributed by atoms with van der Waals surface area (Å²) < 4.78 is 0. The van der Waals surface area contributed by atoms with Crippen LogP contribution in [0.15, 0.2) is 54.6 Å². The zero-order chi connectivity index (χ0) is 13.5. The molecule has 0 heterocycles. The van der Waals surface area contributed by atoms with Crippen molar-refractivity contribution in [2.75, 3.05) is 0 Å². The first-order chi connectivity index (χ1) is 9.35. The number of rotatable bonds is 3. The number of allylic oxidation sites excluding steroid dienone is 1. The highest BCUT2D eigenvalue weighted by molar-refractivity contribution is 5.65. The molecule has 2 nitrogen and oxygen atoms in total. The molecule has 0 N–H and O–H groups in total. The van der Waals surface area contributed by atoms with E-state index >= 15 is 0 Å². The number of nitrogens with zero attached hydrogens (tertiary/aromatic N) is 2. The van der Waals surface area contributed by atoms with Crippen LogP contribution >= 0.6 is 0 Å². The Bertz CT molecular complexity index is 638. The van der Waals surface area contributed by atoms with Gasteiger partial charge < -0.3 is 0 Å². The molecule has 0 unspecified atom stereocenters. The summed E-state index contributed by atoms with van der Waals surface area (Å²) >= 11 is 0. The monoisotopic (exact) mass is 244 g/mol. The first kappa shape index (κ1) is 12.6. The van der Waals surface area contributed by atoms with Gasteiger partial charge in [0.1, 0.15) is 0 Å². The SMILES string of the molecule is N#Cc1cccc(C#N)c1C=CCc1ccccc1. The summed E-state index contributed by atoms with van der Waals surface area (Å²) in [7, 11) is 0. The number of nitriles is 2. The van der Waals surface area contributed by atoms with Crippen molar-refractivity contribution < 1.29 is 0 Å². The van der Waals surface area contributed by atoms with Gasteiger partial charge in [-0.2, -0.15) is 10.5 Å². The van der Waals surface area contributed by atoms with E-state index in [1.165, 1.54) is 5.56 Å². The van der Waals surface area contributed by atoms with Crippen molar-refractivity contribution in [1.29, 1.82) is 10.5 Å². The lowest BCUT2D eigenvalue weighted by molar-refractivity contribution is 1.28. The van der Waals surface area contributed by atoms with Crippen LogP contribution in [0.3, 0.4) is 0 Å². The second-order valence-electron chi connectivity index (χ2n) is 4.08. The van der Waals surface area contributed by atoms with Gasteiger partial charge in [0.05, 0.1) is 23.3 Å². The molecule has 2 rings (SSSR count). The highest BCUT2D eigenvalue weighted by atomic mass is 14.3. The Morgan fingerprint density at radius 1 is 0.842 bits per heavy atom. The third-order valence-electron chi connectivity index (χ3n) is 2.83. The fourth-order valence-electron chi connectivity index (χ4n) is 1.87. The molecule has 19 heavy (non-hydrogen) atoms. The molecule has 0 saturated heterocycles. The van der Waals surface area contributed by atoms with Crippen molar-refractivity contribution in [3.63, 3.8) is 0 Å². The fraction of sp³-hybridized carbons (Fsp3) is 0.0588. The van der Waals surface area contributed by atoms with Gasteiger partial charge >= 0.3 is 0 Å². The van der Waals surface area contributed by atoms with Crippen LogP contribution in [0.2, 0.25) is 0 Å². The molecule has 0 bridgehead atoms. The molecule has 0 aromatic heterocycles. The Morgan fingerprint density at radius 2 is 1.47 bits per heavy atom. The van der Waals surface area contributed by atoms with Gasteiger partial charge in [-0.05, 0) is 24.1 Å². The van der Waals surface area contributed by atoms with Crippen molar-refractivity contribution in [1.82, 2.24) is 0 Å². The Morgan fingerprint density at radius 3 is 2.05 bits per heavy atom. The van der Waals surface area contributed by atoms with Crippen molar-refractivity contribution in [2.45, 2.75) is 6.42 Å². The summed E-state index contributed by atoms with van der Waals surface area (Å²) in [6.45, 7) is 0. The molecule has 0 radical (unpaired) electrons. The lowest BCUT2D eigenvalue weighted by Crippen LogP contribution is -1.88. The van der Waals surface area contributed by atoms with Crippen LogP contribution in [0.5, 0.6) is 0 Å². The van der Waals surface area contributed by atoms with Crippen LogP contribution in [0.1, 0.15) is 22.3 Å². The van der Waals surface area contributed by atoms with Crippen molar-refractivity contribution in [2.24, 2.45) is 0 Å². The molecular formula is C17H12N2. The predicted molar refractivity (Wildman–Crippen MR) is 75.1 cm³/mol. The minimum Gasteiger partial charge on any atom is -0.192 e. The summed E-state index contributed by atoms with van der Waals surface area (Å²) in [5, 5.41) is 18.1. The maximum Gasteiger partial charge on any atom is 0.0998 e. The number of benzene rings is 2. The van der Waals surface area contributed by atoms with E-state index in [-0.39, 0.29) is 0 Å². The lowest BCUT2D eigenvalue weighted by Gasteiger charge is -2.00. The molecule has 0 fully saturated rings. The van der Waals surface area contributed by atoms with Gasteiger partial charge in [0.2, 0.25) is 0 Å². The molecule has 0 aliphatic carbocycles. The first-order valence-corrected chi connectivity index (χ1v) is 5.99. The summed E-state index contributed by atoms with van der Waals surface area (Å²) in [5.74, 6) is 0. The maximum absolute atomic E-state index is 9.06. The summed E-state index contributed by atoms with van der Waals surface area (Å²) in [6, 6.07) is 19.5. The minimum absolute atomic E-state index is 0.531. The average Bonchev–Trinajstić information content (AvgIpc) is 2.48. The number of hydrogen-bond acceptors (Lipinski definition) is 2. The second kappa shape index (κ2) is 6.19. The van der Waals surface area contributed by atoms with E-state index in [4.69, 9.17) is 10.5 Å². The Labute approximate surface area is 112 Å². The molecule has 0 aliphatic heterocycles. The number of hydrogen-bond donors (Lipinski definition) is 0. The van der Waals surface area contributed by atoms with Crippen LogP contribution < -0.4 is 0 Å². The smallest absolute Gasteiger partial charge is 0.0998 e. The van der Waals surface area contributed by atoms with Crippen LogP contribution in [0.4, 0.5) is 0 Å². The van der Waals surface area contributed by atoms with E-state index < -0.39 is 0 Å². The Balaban J connectivity index is 2.24. The van der Waals surface area contributed by atoms with Crippen LogP contribution in [-0.2, 0) is 6.42 Å². The summed E-state index contributed by atoms with van der Waals surface area (Å²) in [4.78, 5) is 0. The van der Waals surface area contributed by atoms with E-state index in [0.717, 1.165) is 6.42 Å². The van der Waals surface area contributed by atoms with Crippen LogP contribution in [-0.4, -0.2) is 0 Å². The standard InChI is InChI=1S/C17H12N2/c18-12-15-9-5-10-16(13-19)17(15)11-4-8-14-6-2-1-3-7-14/h1-7,9-11H,8H2. The molecule has 2 heteroatoms. The van der Waals surface area contributed by atoms with E-state index in [1.54, 1.807) is 18.2 Å². The minimum atomic E-state index is 0.531. The van der Waals surface area contributed by atoms with Gasteiger partial charge in [0, 0.05) is 5.56 Å². The van der Waals surface area contributed by atoms with E-state index in [1.807, 2.05) is 42.5 Å². The lowest BCUT2D eigenvalue weighted by atomic mass is 10.0.